The summed E-state index contributed by atoms with van der Waals surface area (Å²) in [4.78, 5) is 32.8. The number of amides is 2. The topological polar surface area (TPSA) is 102 Å². The predicted molar refractivity (Wildman–Crippen MR) is 130 cm³/mol. The minimum atomic E-state index is -0.467. The summed E-state index contributed by atoms with van der Waals surface area (Å²) in [5, 5.41) is 7.07. The van der Waals surface area contributed by atoms with Crippen molar-refractivity contribution in [3.05, 3.63) is 89.7 Å². The van der Waals surface area contributed by atoms with E-state index >= 15 is 0 Å². The Kier molecular flexibility index (Phi) is 5.73. The molecule has 2 aliphatic heterocycles. The van der Waals surface area contributed by atoms with Crippen LogP contribution in [0.15, 0.2) is 71.5 Å². The fourth-order valence-electron chi connectivity index (χ4n) is 4.86. The van der Waals surface area contributed by atoms with E-state index in [1.54, 1.807) is 17.3 Å². The smallest absolute Gasteiger partial charge is 0.293 e. The lowest BCUT2D eigenvalue weighted by Gasteiger charge is -2.36. The van der Waals surface area contributed by atoms with Crippen molar-refractivity contribution in [1.82, 2.24) is 24.9 Å². The number of carbonyl (C=O) groups is 2. The molecule has 9 nitrogen and oxygen atoms in total. The van der Waals surface area contributed by atoms with Gasteiger partial charge in [0, 0.05) is 31.1 Å². The first kappa shape index (κ1) is 22.1. The molecule has 1 unspecified atom stereocenters. The van der Waals surface area contributed by atoms with E-state index < -0.39 is 6.04 Å². The van der Waals surface area contributed by atoms with E-state index in [4.69, 9.17) is 9.26 Å². The van der Waals surface area contributed by atoms with Crippen LogP contribution in [0, 0.1) is 0 Å². The van der Waals surface area contributed by atoms with Gasteiger partial charge in [0.2, 0.25) is 11.7 Å². The number of hydrogen-bond acceptors (Lipinski definition) is 6. The molecule has 0 aliphatic carbocycles. The molecule has 2 aliphatic rings. The number of nitrogens with one attached hydrogen (secondary N) is 1. The lowest BCUT2D eigenvalue weighted by molar-refractivity contribution is -0.121. The molecule has 0 spiro atoms. The lowest BCUT2D eigenvalue weighted by atomic mass is 9.94. The van der Waals surface area contributed by atoms with E-state index in [0.29, 0.717) is 38.2 Å². The Hall–Kier alpha value is -4.40. The first-order valence-electron chi connectivity index (χ1n) is 12.0. The summed E-state index contributed by atoms with van der Waals surface area (Å²) in [7, 11) is 0. The molecule has 0 saturated heterocycles. The second kappa shape index (κ2) is 9.33. The second-order valence-electron chi connectivity index (χ2n) is 8.92. The molecular weight excluding hydrogens is 458 g/mol. The van der Waals surface area contributed by atoms with Gasteiger partial charge in [-0.3, -0.25) is 9.59 Å². The number of imidazole rings is 1. The number of aromatic nitrogens is 3. The van der Waals surface area contributed by atoms with Crippen LogP contribution < -0.4 is 10.1 Å². The van der Waals surface area contributed by atoms with Crippen LogP contribution in [-0.4, -0.2) is 51.1 Å². The largest absolute Gasteiger partial charge is 0.494 e. The summed E-state index contributed by atoms with van der Waals surface area (Å²) >= 11 is 0. The molecule has 9 heteroatoms. The molecule has 182 valence electrons. The molecule has 2 aromatic heterocycles. The van der Waals surface area contributed by atoms with Crippen LogP contribution in [0.1, 0.15) is 40.0 Å². The van der Waals surface area contributed by atoms with E-state index in [-0.39, 0.29) is 24.1 Å². The van der Waals surface area contributed by atoms with Crippen LogP contribution in [0.25, 0.3) is 11.3 Å². The average molecular weight is 484 g/mol. The van der Waals surface area contributed by atoms with Crippen molar-refractivity contribution in [3.63, 3.8) is 0 Å². The summed E-state index contributed by atoms with van der Waals surface area (Å²) in [6.45, 7) is 1.59. The van der Waals surface area contributed by atoms with E-state index in [0.717, 1.165) is 28.3 Å². The van der Waals surface area contributed by atoms with Gasteiger partial charge in [-0.1, -0.05) is 47.6 Å². The predicted octanol–water partition coefficient (Wildman–Crippen LogP) is 3.22. The van der Waals surface area contributed by atoms with Crippen molar-refractivity contribution in [2.75, 3.05) is 19.7 Å². The van der Waals surface area contributed by atoms with Crippen LogP contribution in [0.3, 0.4) is 0 Å². The Balaban J connectivity index is 1.42. The van der Waals surface area contributed by atoms with Crippen LogP contribution in [0.4, 0.5) is 0 Å². The summed E-state index contributed by atoms with van der Waals surface area (Å²) in [6.07, 6.45) is 2.95. The lowest BCUT2D eigenvalue weighted by Crippen LogP contribution is -2.42. The van der Waals surface area contributed by atoms with Gasteiger partial charge >= 0.3 is 0 Å². The Labute approximate surface area is 207 Å². The number of carbonyl (C=O) groups excluding carboxylic acids is 2. The quantitative estimate of drug-likeness (QED) is 0.470. The average Bonchev–Trinajstić information content (AvgIpc) is 3.56. The summed E-state index contributed by atoms with van der Waals surface area (Å²) < 4.78 is 13.3. The van der Waals surface area contributed by atoms with Crippen LogP contribution >= 0.6 is 0 Å². The van der Waals surface area contributed by atoms with Crippen molar-refractivity contribution in [1.29, 1.82) is 0 Å². The summed E-state index contributed by atoms with van der Waals surface area (Å²) in [6, 6.07) is 18.6. The van der Waals surface area contributed by atoms with E-state index in [1.807, 2.05) is 59.2 Å². The van der Waals surface area contributed by atoms with E-state index in [2.05, 4.69) is 15.5 Å². The standard InChI is InChI=1S/C27H25N5O4/c33-24-16-31-17-29-21-10-12-32(27(34)23-15-22(30-36-23)18-6-2-1-3-7-18)25(26(21)31)19-8-4-9-20(14-19)35-13-5-11-28-24/h1-4,6-9,14-15,17,25H,5,10-13,16H2,(H,28,33). The highest BCUT2D eigenvalue weighted by molar-refractivity contribution is 5.93. The molecule has 1 atom stereocenters. The first-order valence-corrected chi connectivity index (χ1v) is 12.0. The van der Waals surface area contributed by atoms with Crippen LogP contribution in [0.2, 0.25) is 0 Å². The van der Waals surface area contributed by atoms with Gasteiger partial charge in [0.15, 0.2) is 0 Å². The first-order chi connectivity index (χ1) is 17.7. The number of hydrogen-bond donors (Lipinski definition) is 1. The number of rotatable bonds is 2. The van der Waals surface area contributed by atoms with E-state index in [1.165, 1.54) is 0 Å². The third-order valence-electron chi connectivity index (χ3n) is 6.57. The van der Waals surface area contributed by atoms with E-state index in [9.17, 15) is 9.59 Å². The molecule has 2 aromatic carbocycles. The molecule has 4 heterocycles. The molecule has 0 fully saturated rings. The monoisotopic (exact) mass is 483 g/mol. The third kappa shape index (κ3) is 4.13. The molecule has 4 aromatic rings. The zero-order valence-electron chi connectivity index (χ0n) is 19.6. The molecular formula is C27H25N5O4. The normalized spacial score (nSPS) is 17.6. The fraction of sp³-hybridized carbons (Fsp3) is 0.259. The van der Waals surface area contributed by atoms with Gasteiger partial charge in [0.25, 0.3) is 5.91 Å². The maximum absolute atomic E-state index is 13.8. The Morgan fingerprint density at radius 1 is 1.08 bits per heavy atom. The van der Waals surface area contributed by atoms with Crippen molar-refractivity contribution >= 4 is 11.8 Å². The zero-order chi connectivity index (χ0) is 24.5. The highest BCUT2D eigenvalue weighted by atomic mass is 16.5. The third-order valence-corrected chi connectivity index (χ3v) is 6.57. The van der Waals surface area contributed by atoms with Crippen LogP contribution in [0.5, 0.6) is 5.75 Å². The summed E-state index contributed by atoms with van der Waals surface area (Å²) in [5.41, 5.74) is 4.05. The van der Waals surface area contributed by atoms with Crippen molar-refractivity contribution in [2.45, 2.75) is 25.4 Å². The number of benzene rings is 2. The molecule has 0 radical (unpaired) electrons. The highest BCUT2D eigenvalue weighted by Crippen LogP contribution is 2.37. The van der Waals surface area contributed by atoms with Gasteiger partial charge in [-0.05, 0) is 24.1 Å². The van der Waals surface area contributed by atoms with Gasteiger partial charge in [0.1, 0.15) is 18.0 Å². The molecule has 36 heavy (non-hydrogen) atoms. The van der Waals surface area contributed by atoms with Crippen molar-refractivity contribution < 1.29 is 18.8 Å². The Morgan fingerprint density at radius 2 is 1.97 bits per heavy atom. The molecule has 6 rings (SSSR count). The van der Waals surface area contributed by atoms with Crippen LogP contribution in [-0.2, 0) is 17.8 Å². The molecule has 0 saturated carbocycles. The highest BCUT2D eigenvalue weighted by Gasteiger charge is 2.37. The minimum Gasteiger partial charge on any atom is -0.494 e. The van der Waals surface area contributed by atoms with Gasteiger partial charge in [0.05, 0.1) is 30.4 Å². The zero-order valence-corrected chi connectivity index (χ0v) is 19.6. The van der Waals surface area contributed by atoms with Gasteiger partial charge in [-0.15, -0.1) is 0 Å². The molecule has 2 amide bonds. The SMILES string of the molecule is O=C1Cn2cnc3c2C(c2cccc(c2)OCCCN1)N(C(=O)c1cc(-c2ccccc2)no1)CC3. The van der Waals surface area contributed by atoms with Crippen molar-refractivity contribution in [3.8, 4) is 17.0 Å². The number of ether oxygens (including phenoxy) is 1. The maximum atomic E-state index is 13.8. The van der Waals surface area contributed by atoms with Gasteiger partial charge in [-0.25, -0.2) is 4.98 Å². The number of nitrogens with zero attached hydrogens (tertiary/aromatic N) is 4. The Morgan fingerprint density at radius 3 is 2.86 bits per heavy atom. The second-order valence-corrected chi connectivity index (χ2v) is 8.92. The Bertz CT molecular complexity index is 1410. The van der Waals surface area contributed by atoms with Gasteiger partial charge < -0.3 is 24.0 Å². The molecule has 2 bridgehead atoms. The minimum absolute atomic E-state index is 0.105. The molecule has 1 N–H and O–H groups in total. The van der Waals surface area contributed by atoms with Crippen molar-refractivity contribution in [2.24, 2.45) is 0 Å². The summed E-state index contributed by atoms with van der Waals surface area (Å²) in [5.74, 6) is 0.505. The van der Waals surface area contributed by atoms with Gasteiger partial charge in [-0.2, -0.15) is 0 Å². The maximum Gasteiger partial charge on any atom is 0.293 e. The fourth-order valence-corrected chi connectivity index (χ4v) is 4.86. The number of fused-ring (bicyclic) bond motifs is 3.